The summed E-state index contributed by atoms with van der Waals surface area (Å²) >= 11 is 0. The zero-order valence-electron chi connectivity index (χ0n) is 11.1. The summed E-state index contributed by atoms with van der Waals surface area (Å²) in [6.45, 7) is 1.72. The van der Waals surface area contributed by atoms with E-state index < -0.39 is 15.8 Å². The SMILES string of the molecule is COC(=O)c1cc(S(C)(=O)=O)c(OC2CC2)cc1C. The van der Waals surface area contributed by atoms with Gasteiger partial charge in [0.1, 0.15) is 10.6 Å². The third-order valence-electron chi connectivity index (χ3n) is 2.91. The van der Waals surface area contributed by atoms with Gasteiger partial charge < -0.3 is 9.47 Å². The lowest BCUT2D eigenvalue weighted by molar-refractivity contribution is 0.0599. The number of sulfone groups is 1. The van der Waals surface area contributed by atoms with Crippen molar-refractivity contribution < 1.29 is 22.7 Å². The number of rotatable bonds is 4. The van der Waals surface area contributed by atoms with E-state index in [1.54, 1.807) is 13.0 Å². The smallest absolute Gasteiger partial charge is 0.338 e. The van der Waals surface area contributed by atoms with Gasteiger partial charge in [0.2, 0.25) is 0 Å². The molecular weight excluding hydrogens is 268 g/mol. The number of carbonyl (C=O) groups is 1. The van der Waals surface area contributed by atoms with E-state index in [0.29, 0.717) is 11.3 Å². The Bertz CT molecular complexity index is 614. The van der Waals surface area contributed by atoms with Gasteiger partial charge in [0.25, 0.3) is 0 Å². The van der Waals surface area contributed by atoms with Crippen LogP contribution in [0.2, 0.25) is 0 Å². The first kappa shape index (κ1) is 13.9. The van der Waals surface area contributed by atoms with E-state index in [1.165, 1.54) is 13.2 Å². The molecular formula is C13H16O5S. The van der Waals surface area contributed by atoms with E-state index in [0.717, 1.165) is 19.1 Å². The van der Waals surface area contributed by atoms with Gasteiger partial charge >= 0.3 is 5.97 Å². The molecule has 0 heterocycles. The van der Waals surface area contributed by atoms with E-state index in [4.69, 9.17) is 4.74 Å². The van der Waals surface area contributed by atoms with Crippen LogP contribution in [0.5, 0.6) is 5.75 Å². The quantitative estimate of drug-likeness (QED) is 0.787. The molecule has 2 rings (SSSR count). The fraction of sp³-hybridized carbons (Fsp3) is 0.462. The minimum atomic E-state index is -3.47. The topological polar surface area (TPSA) is 69.7 Å². The fourth-order valence-corrected chi connectivity index (χ4v) is 2.54. The number of aryl methyl sites for hydroxylation is 1. The third kappa shape index (κ3) is 3.07. The molecule has 0 N–H and O–H groups in total. The van der Waals surface area contributed by atoms with Crippen molar-refractivity contribution in [1.29, 1.82) is 0 Å². The first-order valence-electron chi connectivity index (χ1n) is 5.92. The normalized spacial score (nSPS) is 15.1. The zero-order chi connectivity index (χ0) is 14.2. The summed E-state index contributed by atoms with van der Waals surface area (Å²) in [5.41, 5.74) is 0.876. The van der Waals surface area contributed by atoms with Gasteiger partial charge in [-0.05, 0) is 37.5 Å². The molecule has 1 aromatic carbocycles. The highest BCUT2D eigenvalue weighted by atomic mass is 32.2. The van der Waals surface area contributed by atoms with Crippen LogP contribution in [0, 0.1) is 6.92 Å². The molecule has 0 amide bonds. The lowest BCUT2D eigenvalue weighted by Crippen LogP contribution is -2.10. The number of carbonyl (C=O) groups excluding carboxylic acids is 1. The fourth-order valence-electron chi connectivity index (χ4n) is 1.74. The first-order valence-corrected chi connectivity index (χ1v) is 7.81. The van der Waals surface area contributed by atoms with Gasteiger partial charge in [-0.1, -0.05) is 0 Å². The number of benzene rings is 1. The summed E-state index contributed by atoms with van der Waals surface area (Å²) in [7, 11) is -2.20. The van der Waals surface area contributed by atoms with Crippen molar-refractivity contribution in [3.8, 4) is 5.75 Å². The molecule has 1 aliphatic rings. The highest BCUT2D eigenvalue weighted by Crippen LogP contribution is 2.33. The van der Waals surface area contributed by atoms with Crippen molar-refractivity contribution in [2.45, 2.75) is 30.8 Å². The van der Waals surface area contributed by atoms with Crippen LogP contribution in [0.15, 0.2) is 17.0 Å². The largest absolute Gasteiger partial charge is 0.489 e. The van der Waals surface area contributed by atoms with Gasteiger partial charge in [-0.2, -0.15) is 0 Å². The molecule has 0 atom stereocenters. The van der Waals surface area contributed by atoms with Crippen molar-refractivity contribution in [3.05, 3.63) is 23.3 Å². The number of hydrogen-bond donors (Lipinski definition) is 0. The van der Waals surface area contributed by atoms with Crippen LogP contribution >= 0.6 is 0 Å². The predicted octanol–water partition coefficient (Wildman–Crippen LogP) is 1.73. The third-order valence-corrected chi connectivity index (χ3v) is 4.03. The monoisotopic (exact) mass is 284 g/mol. The number of hydrogen-bond acceptors (Lipinski definition) is 5. The highest BCUT2D eigenvalue weighted by molar-refractivity contribution is 7.90. The summed E-state index contributed by atoms with van der Waals surface area (Å²) in [6.07, 6.45) is 3.05. The minimum Gasteiger partial charge on any atom is -0.489 e. The predicted molar refractivity (Wildman–Crippen MR) is 69.3 cm³/mol. The Balaban J connectivity index is 2.54. The minimum absolute atomic E-state index is 0.0328. The van der Waals surface area contributed by atoms with Gasteiger partial charge in [-0.25, -0.2) is 13.2 Å². The summed E-state index contributed by atoms with van der Waals surface area (Å²) < 4.78 is 33.8. The van der Waals surface area contributed by atoms with Gasteiger partial charge in [-0.3, -0.25) is 0 Å². The molecule has 6 heteroatoms. The van der Waals surface area contributed by atoms with Crippen LogP contribution in [-0.2, 0) is 14.6 Å². The molecule has 0 bridgehead atoms. The maximum Gasteiger partial charge on any atom is 0.338 e. The molecule has 104 valence electrons. The summed E-state index contributed by atoms with van der Waals surface area (Å²) in [5.74, 6) is -0.240. The maximum atomic E-state index is 11.8. The van der Waals surface area contributed by atoms with Gasteiger partial charge in [-0.15, -0.1) is 0 Å². The summed E-state index contributed by atoms with van der Waals surface area (Å²) in [5, 5.41) is 0. The van der Waals surface area contributed by atoms with Crippen LogP contribution in [0.1, 0.15) is 28.8 Å². The molecule has 0 aliphatic heterocycles. The van der Waals surface area contributed by atoms with Crippen LogP contribution in [0.4, 0.5) is 0 Å². The van der Waals surface area contributed by atoms with Crippen molar-refractivity contribution in [2.24, 2.45) is 0 Å². The molecule has 1 saturated carbocycles. The Labute approximate surface area is 112 Å². The van der Waals surface area contributed by atoms with E-state index in [9.17, 15) is 13.2 Å². The Hall–Kier alpha value is -1.56. The summed E-state index contributed by atoms with van der Waals surface area (Å²) in [4.78, 5) is 11.6. The summed E-state index contributed by atoms with van der Waals surface area (Å²) in [6, 6.07) is 2.91. The van der Waals surface area contributed by atoms with Crippen LogP contribution in [-0.4, -0.2) is 33.9 Å². The zero-order valence-corrected chi connectivity index (χ0v) is 11.9. The van der Waals surface area contributed by atoms with Crippen molar-refractivity contribution in [3.63, 3.8) is 0 Å². The number of esters is 1. The van der Waals surface area contributed by atoms with Gasteiger partial charge in [0, 0.05) is 6.26 Å². The van der Waals surface area contributed by atoms with E-state index in [1.807, 2.05) is 0 Å². The van der Waals surface area contributed by atoms with Crippen LogP contribution in [0.25, 0.3) is 0 Å². The Morgan fingerprint density at radius 3 is 2.42 bits per heavy atom. The average molecular weight is 284 g/mol. The van der Waals surface area contributed by atoms with Crippen molar-refractivity contribution in [1.82, 2.24) is 0 Å². The van der Waals surface area contributed by atoms with E-state index >= 15 is 0 Å². The molecule has 0 spiro atoms. The van der Waals surface area contributed by atoms with Crippen LogP contribution < -0.4 is 4.74 Å². The Morgan fingerprint density at radius 2 is 1.95 bits per heavy atom. The second kappa shape index (κ2) is 4.85. The first-order chi connectivity index (χ1) is 8.82. The van der Waals surface area contributed by atoms with E-state index in [-0.39, 0.29) is 16.6 Å². The molecule has 1 fully saturated rings. The van der Waals surface area contributed by atoms with E-state index in [2.05, 4.69) is 4.74 Å². The molecule has 19 heavy (non-hydrogen) atoms. The molecule has 0 unspecified atom stereocenters. The second-order valence-electron chi connectivity index (χ2n) is 4.69. The molecule has 0 saturated heterocycles. The number of methoxy groups -OCH3 is 1. The Morgan fingerprint density at radius 1 is 1.32 bits per heavy atom. The van der Waals surface area contributed by atoms with Gasteiger partial charge in [0.15, 0.2) is 9.84 Å². The van der Waals surface area contributed by atoms with Crippen molar-refractivity contribution >= 4 is 15.8 Å². The maximum absolute atomic E-state index is 11.8. The van der Waals surface area contributed by atoms with Crippen LogP contribution in [0.3, 0.4) is 0 Å². The molecule has 1 aromatic rings. The molecule has 0 aromatic heterocycles. The standard InChI is InChI=1S/C13H16O5S/c1-8-6-11(18-9-4-5-9)12(19(3,15)16)7-10(8)13(14)17-2/h6-7,9H,4-5H2,1-3H3. The number of ether oxygens (including phenoxy) is 2. The average Bonchev–Trinajstić information content (AvgIpc) is 3.10. The lowest BCUT2D eigenvalue weighted by Gasteiger charge is -2.13. The van der Waals surface area contributed by atoms with Crippen molar-refractivity contribution in [2.75, 3.05) is 13.4 Å². The second-order valence-corrected chi connectivity index (χ2v) is 6.68. The molecule has 0 radical (unpaired) electrons. The molecule has 5 nitrogen and oxygen atoms in total. The highest BCUT2D eigenvalue weighted by Gasteiger charge is 2.27. The van der Waals surface area contributed by atoms with Gasteiger partial charge in [0.05, 0.1) is 18.8 Å². The lowest BCUT2D eigenvalue weighted by atomic mass is 10.1. The Kier molecular flexibility index (Phi) is 3.54. The molecule has 1 aliphatic carbocycles.